The standard InChI is InChI=1S/C23H22Cl2N2O4/c24-19-8-6-16(14-20(19)25)7-9-22(29)31-15-21(28)27-12-10-17(11-13-27)23(30)26-18-4-2-1-3-5-18/h1-9,14,17H,10-13,15H2,(H,26,30)/b9-7+. The molecule has 0 bridgehead atoms. The molecule has 0 saturated carbocycles. The number of anilines is 1. The highest BCUT2D eigenvalue weighted by molar-refractivity contribution is 6.42. The molecule has 31 heavy (non-hydrogen) atoms. The van der Waals surface area contributed by atoms with Gasteiger partial charge in [-0.05, 0) is 48.7 Å². The maximum atomic E-state index is 12.4. The van der Waals surface area contributed by atoms with Crippen LogP contribution < -0.4 is 5.32 Å². The fraction of sp³-hybridized carbons (Fsp3) is 0.261. The van der Waals surface area contributed by atoms with Gasteiger partial charge in [0.1, 0.15) is 0 Å². The lowest BCUT2D eigenvalue weighted by atomic mass is 9.95. The highest BCUT2D eigenvalue weighted by Crippen LogP contribution is 2.23. The minimum atomic E-state index is -0.628. The first-order valence-electron chi connectivity index (χ1n) is 9.86. The van der Waals surface area contributed by atoms with Crippen LogP contribution in [0.3, 0.4) is 0 Å². The number of esters is 1. The molecule has 0 spiro atoms. The van der Waals surface area contributed by atoms with Crippen LogP contribution in [0.4, 0.5) is 5.69 Å². The average Bonchev–Trinajstić information content (AvgIpc) is 2.79. The normalized spacial score (nSPS) is 14.5. The van der Waals surface area contributed by atoms with Gasteiger partial charge in [0.05, 0.1) is 10.0 Å². The lowest BCUT2D eigenvalue weighted by Crippen LogP contribution is -2.43. The van der Waals surface area contributed by atoms with Gasteiger partial charge in [0.2, 0.25) is 5.91 Å². The number of piperidine rings is 1. The summed E-state index contributed by atoms with van der Waals surface area (Å²) in [7, 11) is 0. The Bertz CT molecular complexity index is 971. The number of carbonyl (C=O) groups excluding carboxylic acids is 3. The van der Waals surface area contributed by atoms with Gasteiger partial charge >= 0.3 is 5.97 Å². The van der Waals surface area contributed by atoms with Crippen molar-refractivity contribution in [2.24, 2.45) is 5.92 Å². The molecule has 8 heteroatoms. The molecule has 1 aliphatic rings. The zero-order valence-electron chi connectivity index (χ0n) is 16.7. The van der Waals surface area contributed by atoms with Gasteiger partial charge in [-0.15, -0.1) is 0 Å². The van der Waals surface area contributed by atoms with Gasteiger partial charge < -0.3 is 15.0 Å². The summed E-state index contributed by atoms with van der Waals surface area (Å²) >= 11 is 11.8. The molecule has 1 heterocycles. The third kappa shape index (κ3) is 6.84. The van der Waals surface area contributed by atoms with Gasteiger partial charge in [-0.3, -0.25) is 9.59 Å². The second kappa shape index (κ2) is 11.0. The fourth-order valence-electron chi connectivity index (χ4n) is 3.21. The number of benzene rings is 2. The molecule has 1 fully saturated rings. The molecule has 1 N–H and O–H groups in total. The predicted octanol–water partition coefficient (Wildman–Crippen LogP) is 4.43. The number of amides is 2. The predicted molar refractivity (Wildman–Crippen MR) is 121 cm³/mol. The van der Waals surface area contributed by atoms with Gasteiger partial charge in [0.15, 0.2) is 6.61 Å². The van der Waals surface area contributed by atoms with Crippen molar-refractivity contribution in [1.29, 1.82) is 0 Å². The molecule has 0 atom stereocenters. The minimum Gasteiger partial charge on any atom is -0.452 e. The van der Waals surface area contributed by atoms with E-state index in [1.54, 1.807) is 23.1 Å². The largest absolute Gasteiger partial charge is 0.452 e. The number of hydrogen-bond acceptors (Lipinski definition) is 4. The Kier molecular flexibility index (Phi) is 8.09. The SMILES string of the molecule is O=C(/C=C/c1ccc(Cl)c(Cl)c1)OCC(=O)N1CCC(C(=O)Nc2ccccc2)CC1. The minimum absolute atomic E-state index is 0.0443. The number of carbonyl (C=O) groups is 3. The van der Waals surface area contributed by atoms with Crippen LogP contribution in [-0.4, -0.2) is 42.4 Å². The molecule has 1 aliphatic heterocycles. The number of hydrogen-bond donors (Lipinski definition) is 1. The third-order valence-electron chi connectivity index (χ3n) is 4.95. The first-order valence-corrected chi connectivity index (χ1v) is 10.6. The molecule has 0 aliphatic carbocycles. The molecule has 3 rings (SSSR count). The molecule has 2 amide bonds. The van der Waals surface area contributed by atoms with E-state index >= 15 is 0 Å². The highest BCUT2D eigenvalue weighted by Gasteiger charge is 2.27. The zero-order valence-corrected chi connectivity index (χ0v) is 18.2. The van der Waals surface area contributed by atoms with E-state index in [2.05, 4.69) is 5.32 Å². The van der Waals surface area contributed by atoms with E-state index in [1.165, 1.54) is 12.2 Å². The van der Waals surface area contributed by atoms with E-state index in [9.17, 15) is 14.4 Å². The molecule has 0 unspecified atom stereocenters. The zero-order chi connectivity index (χ0) is 22.2. The monoisotopic (exact) mass is 460 g/mol. The Morgan fingerprint density at radius 3 is 2.42 bits per heavy atom. The number of nitrogens with one attached hydrogen (secondary N) is 1. The number of rotatable bonds is 6. The van der Waals surface area contributed by atoms with E-state index in [-0.39, 0.29) is 24.3 Å². The second-order valence-electron chi connectivity index (χ2n) is 7.12. The van der Waals surface area contributed by atoms with E-state index < -0.39 is 5.97 Å². The Labute approximate surface area is 190 Å². The van der Waals surface area contributed by atoms with Crippen LogP contribution in [0.5, 0.6) is 0 Å². The van der Waals surface area contributed by atoms with Gasteiger partial charge in [0, 0.05) is 30.8 Å². The lowest BCUT2D eigenvalue weighted by molar-refractivity contribution is -0.149. The molecule has 2 aromatic rings. The maximum absolute atomic E-state index is 12.4. The summed E-state index contributed by atoms with van der Waals surface area (Å²) in [6, 6.07) is 14.2. The lowest BCUT2D eigenvalue weighted by Gasteiger charge is -2.31. The van der Waals surface area contributed by atoms with Crippen LogP contribution in [0.1, 0.15) is 18.4 Å². The van der Waals surface area contributed by atoms with Crippen molar-refractivity contribution in [2.75, 3.05) is 25.0 Å². The number of nitrogens with zero attached hydrogens (tertiary/aromatic N) is 1. The number of para-hydroxylation sites is 1. The Balaban J connectivity index is 1.40. The third-order valence-corrected chi connectivity index (χ3v) is 5.69. The molecule has 2 aromatic carbocycles. The van der Waals surface area contributed by atoms with Crippen molar-refractivity contribution in [3.8, 4) is 0 Å². The van der Waals surface area contributed by atoms with Crippen molar-refractivity contribution >= 4 is 52.7 Å². The Morgan fingerprint density at radius 2 is 1.74 bits per heavy atom. The van der Waals surface area contributed by atoms with Gasteiger partial charge in [-0.2, -0.15) is 0 Å². The van der Waals surface area contributed by atoms with Crippen molar-refractivity contribution in [3.63, 3.8) is 0 Å². The molecule has 1 saturated heterocycles. The molecular formula is C23H22Cl2N2O4. The molecular weight excluding hydrogens is 439 g/mol. The average molecular weight is 461 g/mol. The van der Waals surface area contributed by atoms with Crippen LogP contribution in [0.15, 0.2) is 54.6 Å². The quantitative estimate of drug-likeness (QED) is 0.510. The molecule has 0 aromatic heterocycles. The molecule has 0 radical (unpaired) electrons. The van der Waals surface area contributed by atoms with Crippen LogP contribution in [0.25, 0.3) is 6.08 Å². The van der Waals surface area contributed by atoms with Crippen LogP contribution in [-0.2, 0) is 19.1 Å². The van der Waals surface area contributed by atoms with Crippen LogP contribution >= 0.6 is 23.2 Å². The topological polar surface area (TPSA) is 75.7 Å². The second-order valence-corrected chi connectivity index (χ2v) is 7.94. The molecule has 162 valence electrons. The smallest absolute Gasteiger partial charge is 0.331 e. The van der Waals surface area contributed by atoms with E-state index in [4.69, 9.17) is 27.9 Å². The number of halogens is 2. The Morgan fingerprint density at radius 1 is 1.03 bits per heavy atom. The van der Waals surface area contributed by atoms with Crippen LogP contribution in [0.2, 0.25) is 10.0 Å². The number of ether oxygens (including phenoxy) is 1. The summed E-state index contributed by atoms with van der Waals surface area (Å²) in [5.74, 6) is -1.10. The summed E-state index contributed by atoms with van der Waals surface area (Å²) in [6.07, 6.45) is 3.89. The van der Waals surface area contributed by atoms with Crippen molar-refractivity contribution < 1.29 is 19.1 Å². The summed E-state index contributed by atoms with van der Waals surface area (Å²) in [4.78, 5) is 38.2. The first kappa shape index (κ1) is 22.8. The first-order chi connectivity index (χ1) is 14.9. The summed E-state index contributed by atoms with van der Waals surface area (Å²) in [5, 5.41) is 3.70. The summed E-state index contributed by atoms with van der Waals surface area (Å²) < 4.78 is 5.03. The van der Waals surface area contributed by atoms with Gasteiger partial charge in [-0.25, -0.2) is 4.79 Å². The Hall–Kier alpha value is -2.83. The highest BCUT2D eigenvalue weighted by atomic mass is 35.5. The van der Waals surface area contributed by atoms with Gasteiger partial charge in [-0.1, -0.05) is 47.5 Å². The fourth-order valence-corrected chi connectivity index (χ4v) is 3.52. The van der Waals surface area contributed by atoms with Gasteiger partial charge in [0.25, 0.3) is 5.91 Å². The summed E-state index contributed by atoms with van der Waals surface area (Å²) in [6.45, 7) is 0.552. The maximum Gasteiger partial charge on any atom is 0.331 e. The van der Waals surface area contributed by atoms with E-state index in [0.29, 0.717) is 41.5 Å². The number of likely N-dealkylation sites (tertiary alicyclic amines) is 1. The van der Waals surface area contributed by atoms with E-state index in [0.717, 1.165) is 5.69 Å². The van der Waals surface area contributed by atoms with Crippen molar-refractivity contribution in [3.05, 3.63) is 70.2 Å². The van der Waals surface area contributed by atoms with Crippen molar-refractivity contribution in [2.45, 2.75) is 12.8 Å². The summed E-state index contributed by atoms with van der Waals surface area (Å²) in [5.41, 5.74) is 1.44. The molecule has 6 nitrogen and oxygen atoms in total. The van der Waals surface area contributed by atoms with E-state index in [1.807, 2.05) is 30.3 Å². The van der Waals surface area contributed by atoms with Crippen LogP contribution in [0, 0.1) is 5.92 Å². The van der Waals surface area contributed by atoms with Crippen molar-refractivity contribution in [1.82, 2.24) is 4.90 Å².